The number of fused-ring (bicyclic) bond motifs is 1. The van der Waals surface area contributed by atoms with Gasteiger partial charge in [-0.2, -0.15) is 0 Å². The van der Waals surface area contributed by atoms with Crippen LogP contribution < -0.4 is 14.8 Å². The van der Waals surface area contributed by atoms with Crippen LogP contribution in [0.4, 0.5) is 20.4 Å². The van der Waals surface area contributed by atoms with Crippen molar-refractivity contribution in [3.05, 3.63) is 59.8 Å². The van der Waals surface area contributed by atoms with E-state index in [9.17, 15) is 8.78 Å². The number of anilines is 2. The predicted molar refractivity (Wildman–Crippen MR) is 100 cm³/mol. The van der Waals surface area contributed by atoms with E-state index in [1.54, 1.807) is 6.07 Å². The molecule has 0 aliphatic carbocycles. The Morgan fingerprint density at radius 2 is 2.00 bits per heavy atom. The first-order valence-electron chi connectivity index (χ1n) is 8.55. The van der Waals surface area contributed by atoms with Crippen molar-refractivity contribution in [3.63, 3.8) is 0 Å². The molecule has 0 unspecified atom stereocenters. The monoisotopic (exact) mass is 382 g/mol. The van der Waals surface area contributed by atoms with Gasteiger partial charge in [0.25, 0.3) is 0 Å². The maximum absolute atomic E-state index is 14.3. The van der Waals surface area contributed by atoms with Gasteiger partial charge in [-0.05, 0) is 30.2 Å². The number of ether oxygens (including phenoxy) is 2. The van der Waals surface area contributed by atoms with Gasteiger partial charge >= 0.3 is 0 Å². The number of benzene rings is 2. The van der Waals surface area contributed by atoms with Gasteiger partial charge in [0.2, 0.25) is 5.95 Å². The fourth-order valence-corrected chi connectivity index (χ4v) is 2.97. The summed E-state index contributed by atoms with van der Waals surface area (Å²) in [5.74, 6) is 0.000685. The summed E-state index contributed by atoms with van der Waals surface area (Å²) in [6, 6.07) is 9.26. The lowest BCUT2D eigenvalue weighted by Crippen LogP contribution is -2.15. The molecule has 2 heterocycles. The maximum Gasteiger partial charge on any atom is 0.227 e. The quantitative estimate of drug-likeness (QED) is 0.696. The molecule has 3 aromatic rings. The summed E-state index contributed by atoms with van der Waals surface area (Å²) in [6.07, 6.45) is 2.36. The van der Waals surface area contributed by atoms with Crippen molar-refractivity contribution in [1.82, 2.24) is 9.97 Å². The minimum absolute atomic E-state index is 0.00895. The van der Waals surface area contributed by atoms with Crippen LogP contribution in [0.25, 0.3) is 11.3 Å². The zero-order valence-corrected chi connectivity index (χ0v) is 14.9. The number of hydrogen-bond acceptors (Lipinski definition) is 6. The van der Waals surface area contributed by atoms with Crippen LogP contribution in [-0.4, -0.2) is 23.0 Å². The van der Waals surface area contributed by atoms with Crippen molar-refractivity contribution >= 4 is 17.5 Å². The van der Waals surface area contributed by atoms with E-state index >= 15 is 0 Å². The molecule has 1 aliphatic rings. The molecule has 0 fully saturated rings. The Labute approximate surface area is 159 Å². The molecule has 0 amide bonds. The number of hydrogen-bond donors (Lipinski definition) is 2. The van der Waals surface area contributed by atoms with Crippen molar-refractivity contribution < 1.29 is 18.3 Å². The largest absolute Gasteiger partial charge is 0.496 e. The molecule has 2 N–H and O–H groups in total. The van der Waals surface area contributed by atoms with E-state index in [0.29, 0.717) is 23.4 Å². The number of rotatable bonds is 4. The molecule has 1 aliphatic heterocycles. The molecule has 8 heteroatoms. The molecule has 2 aromatic carbocycles. The number of aromatic nitrogens is 2. The van der Waals surface area contributed by atoms with Crippen LogP contribution in [0.15, 0.2) is 42.6 Å². The first-order chi connectivity index (χ1) is 13.5. The van der Waals surface area contributed by atoms with E-state index in [-0.39, 0.29) is 23.3 Å². The van der Waals surface area contributed by atoms with Gasteiger partial charge in [-0.1, -0.05) is 6.07 Å². The van der Waals surface area contributed by atoms with Crippen molar-refractivity contribution in [2.45, 2.75) is 12.8 Å². The first kappa shape index (κ1) is 17.8. The molecule has 6 nitrogen and oxygen atoms in total. The van der Waals surface area contributed by atoms with Crippen molar-refractivity contribution in [2.75, 3.05) is 12.4 Å². The molecule has 142 valence electrons. The highest BCUT2D eigenvalue weighted by Gasteiger charge is 2.17. The van der Waals surface area contributed by atoms with Gasteiger partial charge in [-0.15, -0.1) is 0 Å². The normalized spacial score (nSPS) is 12.9. The molecule has 0 atom stereocenters. The second-order valence-corrected chi connectivity index (χ2v) is 6.21. The van der Waals surface area contributed by atoms with Gasteiger partial charge in [0.05, 0.1) is 13.3 Å². The Bertz CT molecular complexity index is 1070. The summed E-state index contributed by atoms with van der Waals surface area (Å²) in [4.78, 5) is 8.18. The van der Waals surface area contributed by atoms with Crippen LogP contribution in [0.2, 0.25) is 0 Å². The third kappa shape index (κ3) is 3.48. The minimum Gasteiger partial charge on any atom is -0.496 e. The first-order valence-corrected chi connectivity index (χ1v) is 8.55. The van der Waals surface area contributed by atoms with Gasteiger partial charge < -0.3 is 14.8 Å². The standard InChI is InChI=1S/C20H16F2N4O2/c1-27-17-8-12(21)4-6-14(17)19-15(22)10-24-20(26-19)25-13-5-2-11-3-7-18(23)28-16(11)9-13/h2,4-6,8-10,23H,3,7H2,1H3,(H,24,25,26). The SMILES string of the molecule is COc1cc(F)ccc1-c1nc(Nc2ccc3c(c2)OC(=N)CC3)ncc1F. The third-order valence-electron chi connectivity index (χ3n) is 4.34. The van der Waals surface area contributed by atoms with E-state index in [4.69, 9.17) is 14.9 Å². The fraction of sp³-hybridized carbons (Fsp3) is 0.150. The van der Waals surface area contributed by atoms with Gasteiger partial charge in [-0.3, -0.25) is 5.41 Å². The lowest BCUT2D eigenvalue weighted by molar-refractivity contribution is 0.412. The van der Waals surface area contributed by atoms with Crippen LogP contribution in [0.5, 0.6) is 11.5 Å². The molecule has 0 radical (unpaired) electrons. The average Bonchev–Trinajstić information content (AvgIpc) is 2.69. The van der Waals surface area contributed by atoms with Crippen molar-refractivity contribution in [2.24, 2.45) is 0 Å². The lowest BCUT2D eigenvalue weighted by Gasteiger charge is -2.18. The van der Waals surface area contributed by atoms with E-state index in [1.807, 2.05) is 12.1 Å². The number of nitrogens with one attached hydrogen (secondary N) is 2. The molecule has 4 rings (SSSR count). The Kier molecular flexibility index (Phi) is 4.60. The Morgan fingerprint density at radius 1 is 1.14 bits per heavy atom. The van der Waals surface area contributed by atoms with Crippen molar-refractivity contribution in [1.29, 1.82) is 5.41 Å². The summed E-state index contributed by atoms with van der Waals surface area (Å²) in [5, 5.41) is 10.7. The van der Waals surface area contributed by atoms with Crippen LogP contribution >= 0.6 is 0 Å². The second-order valence-electron chi connectivity index (χ2n) is 6.21. The van der Waals surface area contributed by atoms with Crippen molar-refractivity contribution in [3.8, 4) is 22.8 Å². The molecule has 28 heavy (non-hydrogen) atoms. The average molecular weight is 382 g/mol. The Balaban J connectivity index is 1.67. The molecule has 0 bridgehead atoms. The summed E-state index contributed by atoms with van der Waals surface area (Å²) in [7, 11) is 1.38. The molecular formula is C20H16F2N4O2. The van der Waals surface area contributed by atoms with Crippen LogP contribution in [0, 0.1) is 17.0 Å². The highest BCUT2D eigenvalue weighted by Crippen LogP contribution is 2.33. The number of nitrogens with zero attached hydrogens (tertiary/aromatic N) is 2. The van der Waals surface area contributed by atoms with Gasteiger partial charge in [-0.25, -0.2) is 18.7 Å². The zero-order chi connectivity index (χ0) is 19.7. The fourth-order valence-electron chi connectivity index (χ4n) is 2.97. The number of methoxy groups -OCH3 is 1. The molecular weight excluding hydrogens is 366 g/mol. The molecule has 0 saturated heterocycles. The Morgan fingerprint density at radius 3 is 2.82 bits per heavy atom. The van der Waals surface area contributed by atoms with Crippen LogP contribution in [-0.2, 0) is 6.42 Å². The smallest absolute Gasteiger partial charge is 0.227 e. The van der Waals surface area contributed by atoms with Gasteiger partial charge in [0, 0.05) is 29.8 Å². The molecule has 0 spiro atoms. The summed E-state index contributed by atoms with van der Waals surface area (Å²) in [5.41, 5.74) is 1.95. The van der Waals surface area contributed by atoms with Gasteiger partial charge in [0.15, 0.2) is 11.7 Å². The third-order valence-corrected chi connectivity index (χ3v) is 4.34. The van der Waals surface area contributed by atoms with Crippen LogP contribution in [0.1, 0.15) is 12.0 Å². The molecule has 1 aromatic heterocycles. The van der Waals surface area contributed by atoms with E-state index < -0.39 is 11.6 Å². The number of aryl methyl sites for hydroxylation is 1. The van der Waals surface area contributed by atoms with Gasteiger partial charge in [0.1, 0.15) is 23.0 Å². The van der Waals surface area contributed by atoms with E-state index in [1.165, 1.54) is 25.3 Å². The van der Waals surface area contributed by atoms with Crippen LogP contribution in [0.3, 0.4) is 0 Å². The highest BCUT2D eigenvalue weighted by atomic mass is 19.1. The lowest BCUT2D eigenvalue weighted by atomic mass is 10.1. The van der Waals surface area contributed by atoms with E-state index in [0.717, 1.165) is 18.2 Å². The topological polar surface area (TPSA) is 80.1 Å². The summed E-state index contributed by atoms with van der Waals surface area (Å²) < 4.78 is 38.4. The summed E-state index contributed by atoms with van der Waals surface area (Å²) in [6.45, 7) is 0. The minimum atomic E-state index is -0.655. The number of halogens is 2. The Hall–Kier alpha value is -3.55. The molecule has 0 saturated carbocycles. The highest BCUT2D eigenvalue weighted by molar-refractivity contribution is 5.79. The maximum atomic E-state index is 14.3. The predicted octanol–water partition coefficient (Wildman–Crippen LogP) is 4.48. The second kappa shape index (κ2) is 7.22. The summed E-state index contributed by atoms with van der Waals surface area (Å²) >= 11 is 0. The van der Waals surface area contributed by atoms with E-state index in [2.05, 4.69) is 15.3 Å². The zero-order valence-electron chi connectivity index (χ0n) is 14.9.